The largest absolute Gasteiger partial charge is 0.327 e. The first-order chi connectivity index (χ1) is 6.26. The number of hydrogen-bond acceptors (Lipinski definition) is 1. The lowest BCUT2D eigenvalue weighted by molar-refractivity contribution is 0.324. The Balaban J connectivity index is 2.46. The maximum atomic E-state index is 5.67. The minimum Gasteiger partial charge on any atom is -0.327 e. The molecular weight excluding hydrogens is 158 g/mol. The van der Waals surface area contributed by atoms with E-state index in [2.05, 4.69) is 19.9 Å². The van der Waals surface area contributed by atoms with Crippen molar-refractivity contribution in [3.05, 3.63) is 11.6 Å². The average molecular weight is 181 g/mol. The van der Waals surface area contributed by atoms with Gasteiger partial charge in [0, 0.05) is 6.54 Å². The third-order valence-electron chi connectivity index (χ3n) is 3.16. The fourth-order valence-electron chi connectivity index (χ4n) is 2.30. The molecule has 0 aromatic carbocycles. The summed E-state index contributed by atoms with van der Waals surface area (Å²) in [5.74, 6) is 1.74. The van der Waals surface area contributed by atoms with Gasteiger partial charge in [-0.1, -0.05) is 38.3 Å². The molecule has 1 aliphatic rings. The van der Waals surface area contributed by atoms with E-state index >= 15 is 0 Å². The predicted molar refractivity (Wildman–Crippen MR) is 58.6 cm³/mol. The Labute approximate surface area is 82.4 Å². The van der Waals surface area contributed by atoms with Crippen LogP contribution in [0.15, 0.2) is 11.6 Å². The Morgan fingerprint density at radius 2 is 2.23 bits per heavy atom. The molecule has 13 heavy (non-hydrogen) atoms. The van der Waals surface area contributed by atoms with Gasteiger partial charge in [-0.05, 0) is 31.1 Å². The summed E-state index contributed by atoms with van der Waals surface area (Å²) in [6.45, 7) is 5.32. The Hall–Kier alpha value is -0.300. The Bertz CT molecular complexity index is 166. The van der Waals surface area contributed by atoms with Crippen molar-refractivity contribution in [2.45, 2.75) is 46.0 Å². The van der Waals surface area contributed by atoms with E-state index in [0.29, 0.717) is 0 Å². The van der Waals surface area contributed by atoms with Gasteiger partial charge < -0.3 is 5.73 Å². The second-order valence-electron chi connectivity index (χ2n) is 4.41. The van der Waals surface area contributed by atoms with Crippen molar-refractivity contribution >= 4 is 0 Å². The third kappa shape index (κ3) is 3.51. The second kappa shape index (κ2) is 5.43. The monoisotopic (exact) mass is 181 g/mol. The van der Waals surface area contributed by atoms with Gasteiger partial charge in [-0.25, -0.2) is 0 Å². The molecule has 2 atom stereocenters. The molecule has 1 fully saturated rings. The van der Waals surface area contributed by atoms with Gasteiger partial charge >= 0.3 is 0 Å². The molecular formula is C12H23N. The smallest absolute Gasteiger partial charge is 0.0136 e. The third-order valence-corrected chi connectivity index (χ3v) is 3.16. The van der Waals surface area contributed by atoms with Gasteiger partial charge in [-0.2, -0.15) is 0 Å². The Morgan fingerprint density at radius 1 is 1.46 bits per heavy atom. The van der Waals surface area contributed by atoms with Crippen LogP contribution in [0.2, 0.25) is 0 Å². The molecule has 1 heteroatoms. The summed E-state index contributed by atoms with van der Waals surface area (Å²) in [6, 6.07) is 0. The van der Waals surface area contributed by atoms with Crippen LogP contribution in [0.1, 0.15) is 46.0 Å². The fraction of sp³-hybridized carbons (Fsp3) is 0.833. The Morgan fingerprint density at radius 3 is 2.77 bits per heavy atom. The van der Waals surface area contributed by atoms with Crippen LogP contribution in [0.25, 0.3) is 0 Å². The van der Waals surface area contributed by atoms with Crippen molar-refractivity contribution in [2.75, 3.05) is 6.54 Å². The molecule has 2 unspecified atom stereocenters. The van der Waals surface area contributed by atoms with Gasteiger partial charge in [0.05, 0.1) is 0 Å². The molecule has 76 valence electrons. The highest BCUT2D eigenvalue weighted by atomic mass is 14.5. The minimum atomic E-state index is 0.751. The van der Waals surface area contributed by atoms with E-state index in [1.807, 2.05) is 0 Å². The second-order valence-corrected chi connectivity index (χ2v) is 4.41. The van der Waals surface area contributed by atoms with Crippen molar-refractivity contribution in [3.8, 4) is 0 Å². The normalized spacial score (nSPS) is 30.5. The molecule has 0 radical (unpaired) electrons. The molecule has 0 heterocycles. The molecule has 0 spiro atoms. The molecule has 0 saturated heterocycles. The van der Waals surface area contributed by atoms with Crippen molar-refractivity contribution in [3.63, 3.8) is 0 Å². The molecule has 1 rings (SSSR count). The maximum Gasteiger partial charge on any atom is 0.0136 e. The zero-order chi connectivity index (χ0) is 9.68. The number of allylic oxidation sites excluding steroid dienone is 1. The van der Waals surface area contributed by atoms with E-state index in [0.717, 1.165) is 24.8 Å². The highest BCUT2D eigenvalue weighted by molar-refractivity contribution is 5.05. The summed E-state index contributed by atoms with van der Waals surface area (Å²) < 4.78 is 0. The molecule has 0 aliphatic heterocycles. The summed E-state index contributed by atoms with van der Waals surface area (Å²) in [7, 11) is 0. The van der Waals surface area contributed by atoms with Crippen LogP contribution in [0.5, 0.6) is 0 Å². The van der Waals surface area contributed by atoms with Crippen LogP contribution < -0.4 is 5.73 Å². The molecule has 1 aliphatic carbocycles. The molecule has 0 bridgehead atoms. The fourth-order valence-corrected chi connectivity index (χ4v) is 2.30. The summed E-state index contributed by atoms with van der Waals surface area (Å²) in [5, 5.41) is 0. The van der Waals surface area contributed by atoms with Gasteiger partial charge in [-0.15, -0.1) is 0 Å². The van der Waals surface area contributed by atoms with Crippen LogP contribution in [0, 0.1) is 11.8 Å². The number of nitrogens with two attached hydrogens (primary N) is 1. The molecule has 0 aromatic rings. The minimum absolute atomic E-state index is 0.751. The summed E-state index contributed by atoms with van der Waals surface area (Å²) in [6.07, 6.45) is 9.16. The zero-order valence-corrected chi connectivity index (χ0v) is 9.05. The standard InChI is InChI=1S/C12H23N/c1-3-11(9-13)8-12-6-4-5-10(2)7-12/h8,10,12H,3-7,9,13H2,1-2H3. The zero-order valence-electron chi connectivity index (χ0n) is 9.05. The highest BCUT2D eigenvalue weighted by Gasteiger charge is 2.16. The van der Waals surface area contributed by atoms with E-state index in [1.165, 1.54) is 31.3 Å². The molecule has 1 nitrogen and oxygen atoms in total. The van der Waals surface area contributed by atoms with Crippen molar-refractivity contribution < 1.29 is 0 Å². The van der Waals surface area contributed by atoms with Gasteiger partial charge in [0.1, 0.15) is 0 Å². The van der Waals surface area contributed by atoms with Crippen LogP contribution >= 0.6 is 0 Å². The van der Waals surface area contributed by atoms with E-state index in [-0.39, 0.29) is 0 Å². The van der Waals surface area contributed by atoms with E-state index in [9.17, 15) is 0 Å². The van der Waals surface area contributed by atoms with Crippen LogP contribution in [-0.4, -0.2) is 6.54 Å². The SMILES string of the molecule is CCC(=CC1CCCC(C)C1)CN. The van der Waals surface area contributed by atoms with Crippen LogP contribution in [0.4, 0.5) is 0 Å². The van der Waals surface area contributed by atoms with Crippen LogP contribution in [-0.2, 0) is 0 Å². The quantitative estimate of drug-likeness (QED) is 0.665. The van der Waals surface area contributed by atoms with Gasteiger partial charge in [0.25, 0.3) is 0 Å². The lowest BCUT2D eigenvalue weighted by Crippen LogP contribution is -2.13. The topological polar surface area (TPSA) is 26.0 Å². The first-order valence-corrected chi connectivity index (χ1v) is 5.65. The van der Waals surface area contributed by atoms with Gasteiger partial charge in [0.2, 0.25) is 0 Å². The van der Waals surface area contributed by atoms with E-state index < -0.39 is 0 Å². The lowest BCUT2D eigenvalue weighted by Gasteiger charge is -2.25. The average Bonchev–Trinajstić information content (AvgIpc) is 2.14. The van der Waals surface area contributed by atoms with Crippen molar-refractivity contribution in [2.24, 2.45) is 17.6 Å². The first kappa shape index (κ1) is 10.8. The van der Waals surface area contributed by atoms with E-state index in [4.69, 9.17) is 5.73 Å². The summed E-state index contributed by atoms with van der Waals surface area (Å²) in [5.41, 5.74) is 7.11. The maximum absolute atomic E-state index is 5.67. The lowest BCUT2D eigenvalue weighted by atomic mass is 9.81. The van der Waals surface area contributed by atoms with Crippen molar-refractivity contribution in [1.82, 2.24) is 0 Å². The van der Waals surface area contributed by atoms with Crippen LogP contribution in [0.3, 0.4) is 0 Å². The number of hydrogen-bond donors (Lipinski definition) is 1. The molecule has 0 amide bonds. The Kier molecular flexibility index (Phi) is 4.51. The highest BCUT2D eigenvalue weighted by Crippen LogP contribution is 2.30. The summed E-state index contributed by atoms with van der Waals surface area (Å²) >= 11 is 0. The van der Waals surface area contributed by atoms with E-state index in [1.54, 1.807) is 0 Å². The summed E-state index contributed by atoms with van der Waals surface area (Å²) in [4.78, 5) is 0. The molecule has 2 N–H and O–H groups in total. The van der Waals surface area contributed by atoms with Gasteiger partial charge in [0.15, 0.2) is 0 Å². The molecule has 1 saturated carbocycles. The first-order valence-electron chi connectivity index (χ1n) is 5.65. The predicted octanol–water partition coefficient (Wildman–Crippen LogP) is 3.11. The number of rotatable bonds is 3. The molecule has 0 aromatic heterocycles. The van der Waals surface area contributed by atoms with Crippen molar-refractivity contribution in [1.29, 1.82) is 0 Å². The van der Waals surface area contributed by atoms with Gasteiger partial charge in [-0.3, -0.25) is 0 Å².